The van der Waals surface area contributed by atoms with E-state index in [1.165, 1.54) is 0 Å². The fourth-order valence-electron chi connectivity index (χ4n) is 1.58. The van der Waals surface area contributed by atoms with Gasteiger partial charge in [-0.15, -0.1) is 0 Å². The standard InChI is InChI=1S/C14H14O2/c15-14(13-9-5-2-6-10-13)16-11-12-7-3-1-4-8-12/h1,3-10,13H,2,11H2. The van der Waals surface area contributed by atoms with Gasteiger partial charge in [0.1, 0.15) is 6.61 Å². The Morgan fingerprint density at radius 3 is 2.56 bits per heavy atom. The van der Waals surface area contributed by atoms with Gasteiger partial charge < -0.3 is 4.74 Å². The van der Waals surface area contributed by atoms with Gasteiger partial charge in [-0.2, -0.15) is 0 Å². The lowest BCUT2D eigenvalue weighted by Crippen LogP contribution is -2.14. The summed E-state index contributed by atoms with van der Waals surface area (Å²) in [5.41, 5.74) is 1.01. The van der Waals surface area contributed by atoms with Crippen molar-refractivity contribution in [3.8, 4) is 0 Å². The van der Waals surface area contributed by atoms with E-state index in [0.29, 0.717) is 6.61 Å². The molecule has 0 bridgehead atoms. The van der Waals surface area contributed by atoms with Crippen molar-refractivity contribution >= 4 is 5.97 Å². The molecule has 2 nitrogen and oxygen atoms in total. The van der Waals surface area contributed by atoms with E-state index >= 15 is 0 Å². The molecule has 2 rings (SSSR count). The number of hydrogen-bond acceptors (Lipinski definition) is 2. The highest BCUT2D eigenvalue weighted by molar-refractivity contribution is 5.76. The molecule has 0 N–H and O–H groups in total. The van der Waals surface area contributed by atoms with E-state index in [2.05, 4.69) is 0 Å². The maximum atomic E-state index is 11.6. The van der Waals surface area contributed by atoms with Gasteiger partial charge in [0, 0.05) is 0 Å². The smallest absolute Gasteiger partial charge is 0.317 e. The molecule has 0 saturated carbocycles. The number of allylic oxidation sites excluding steroid dienone is 2. The molecule has 0 aliphatic heterocycles. The summed E-state index contributed by atoms with van der Waals surface area (Å²) in [7, 11) is 0. The molecule has 1 aliphatic rings. The van der Waals surface area contributed by atoms with Crippen LogP contribution in [0.5, 0.6) is 0 Å². The fourth-order valence-corrected chi connectivity index (χ4v) is 1.58. The van der Waals surface area contributed by atoms with Crippen LogP contribution in [0, 0.1) is 5.92 Å². The molecule has 2 heteroatoms. The van der Waals surface area contributed by atoms with Crippen LogP contribution in [0.1, 0.15) is 12.0 Å². The number of carbonyl (C=O) groups is 1. The van der Waals surface area contributed by atoms with Gasteiger partial charge in [0.05, 0.1) is 5.92 Å². The number of ether oxygens (including phenoxy) is 1. The van der Waals surface area contributed by atoms with Crippen LogP contribution in [0.2, 0.25) is 0 Å². The van der Waals surface area contributed by atoms with Crippen LogP contribution in [-0.2, 0) is 16.1 Å². The molecule has 0 atom stereocenters. The molecule has 0 spiro atoms. The van der Waals surface area contributed by atoms with E-state index in [0.717, 1.165) is 12.0 Å². The van der Waals surface area contributed by atoms with Gasteiger partial charge in [0.25, 0.3) is 0 Å². The van der Waals surface area contributed by atoms with Gasteiger partial charge in [0.2, 0.25) is 0 Å². The average Bonchev–Trinajstić information content (AvgIpc) is 2.38. The number of rotatable bonds is 3. The molecule has 0 radical (unpaired) electrons. The Kier molecular flexibility index (Phi) is 3.54. The summed E-state index contributed by atoms with van der Waals surface area (Å²) in [6.07, 6.45) is 8.63. The average molecular weight is 214 g/mol. The third-order valence-corrected chi connectivity index (χ3v) is 2.46. The van der Waals surface area contributed by atoms with Gasteiger partial charge in [0.15, 0.2) is 0 Å². The molecule has 0 unspecified atom stereocenters. The van der Waals surface area contributed by atoms with Gasteiger partial charge >= 0.3 is 5.97 Å². The van der Waals surface area contributed by atoms with Crippen LogP contribution in [0.15, 0.2) is 54.6 Å². The summed E-state index contributed by atoms with van der Waals surface area (Å²) < 4.78 is 5.23. The van der Waals surface area contributed by atoms with E-state index in [4.69, 9.17) is 4.74 Å². The minimum atomic E-state index is -0.211. The first-order valence-electron chi connectivity index (χ1n) is 5.40. The molecule has 0 heterocycles. The van der Waals surface area contributed by atoms with Crippen LogP contribution < -0.4 is 0 Å². The molecular formula is C14H14O2. The molecule has 1 aliphatic carbocycles. The van der Waals surface area contributed by atoms with E-state index in [9.17, 15) is 4.79 Å². The van der Waals surface area contributed by atoms with Gasteiger partial charge in [-0.3, -0.25) is 4.79 Å². The Hall–Kier alpha value is -1.83. The first-order valence-corrected chi connectivity index (χ1v) is 5.40. The molecule has 0 saturated heterocycles. The van der Waals surface area contributed by atoms with Gasteiger partial charge in [-0.05, 0) is 12.0 Å². The Labute approximate surface area is 95.2 Å². The van der Waals surface area contributed by atoms with Crippen LogP contribution in [-0.4, -0.2) is 5.97 Å². The topological polar surface area (TPSA) is 26.3 Å². The highest BCUT2D eigenvalue weighted by atomic mass is 16.5. The maximum absolute atomic E-state index is 11.6. The van der Waals surface area contributed by atoms with E-state index < -0.39 is 0 Å². The number of carbonyl (C=O) groups excluding carboxylic acids is 1. The summed E-state index contributed by atoms with van der Waals surface area (Å²) in [6.45, 7) is 0.345. The summed E-state index contributed by atoms with van der Waals surface area (Å²) in [6, 6.07) is 9.70. The van der Waals surface area contributed by atoms with Crippen molar-refractivity contribution in [1.29, 1.82) is 0 Å². The SMILES string of the molecule is O=C(OCc1ccccc1)C1C=CCC=C1. The quantitative estimate of drug-likeness (QED) is 0.571. The van der Waals surface area contributed by atoms with E-state index in [-0.39, 0.29) is 11.9 Å². The second kappa shape index (κ2) is 5.31. The van der Waals surface area contributed by atoms with Crippen molar-refractivity contribution in [3.63, 3.8) is 0 Å². The predicted octanol–water partition coefficient (Wildman–Crippen LogP) is 2.86. The highest BCUT2D eigenvalue weighted by Gasteiger charge is 2.14. The molecule has 0 aromatic heterocycles. The highest BCUT2D eigenvalue weighted by Crippen LogP contribution is 2.12. The van der Waals surface area contributed by atoms with Crippen molar-refractivity contribution < 1.29 is 9.53 Å². The van der Waals surface area contributed by atoms with Crippen molar-refractivity contribution in [1.82, 2.24) is 0 Å². The van der Waals surface area contributed by atoms with E-state index in [1.807, 2.05) is 54.6 Å². The number of esters is 1. The summed E-state index contributed by atoms with van der Waals surface area (Å²) in [4.78, 5) is 11.6. The molecular weight excluding hydrogens is 200 g/mol. The zero-order valence-corrected chi connectivity index (χ0v) is 9.00. The molecule has 1 aromatic carbocycles. The van der Waals surface area contributed by atoms with E-state index in [1.54, 1.807) is 0 Å². The molecule has 0 fully saturated rings. The minimum absolute atomic E-state index is 0.184. The third kappa shape index (κ3) is 2.83. The van der Waals surface area contributed by atoms with Crippen LogP contribution >= 0.6 is 0 Å². The third-order valence-electron chi connectivity index (χ3n) is 2.46. The largest absolute Gasteiger partial charge is 0.460 e. The summed E-state index contributed by atoms with van der Waals surface area (Å²) in [5, 5.41) is 0. The minimum Gasteiger partial charge on any atom is -0.460 e. The van der Waals surface area contributed by atoms with Crippen molar-refractivity contribution in [2.24, 2.45) is 5.92 Å². The predicted molar refractivity (Wildman–Crippen MR) is 62.6 cm³/mol. The van der Waals surface area contributed by atoms with Crippen molar-refractivity contribution in [2.75, 3.05) is 0 Å². The second-order valence-electron chi connectivity index (χ2n) is 3.71. The number of hydrogen-bond donors (Lipinski definition) is 0. The Morgan fingerprint density at radius 1 is 1.19 bits per heavy atom. The monoisotopic (exact) mass is 214 g/mol. The van der Waals surface area contributed by atoms with Crippen molar-refractivity contribution in [3.05, 3.63) is 60.2 Å². The van der Waals surface area contributed by atoms with Gasteiger partial charge in [-0.1, -0.05) is 54.6 Å². The van der Waals surface area contributed by atoms with Crippen LogP contribution in [0.25, 0.3) is 0 Å². The Bertz CT molecular complexity index is 392. The molecule has 1 aromatic rings. The second-order valence-corrected chi connectivity index (χ2v) is 3.71. The Balaban J connectivity index is 1.86. The van der Waals surface area contributed by atoms with Crippen LogP contribution in [0.3, 0.4) is 0 Å². The fraction of sp³-hybridized carbons (Fsp3) is 0.214. The molecule has 82 valence electrons. The molecule has 0 amide bonds. The summed E-state index contributed by atoms with van der Waals surface area (Å²) >= 11 is 0. The van der Waals surface area contributed by atoms with Crippen molar-refractivity contribution in [2.45, 2.75) is 13.0 Å². The van der Waals surface area contributed by atoms with Gasteiger partial charge in [-0.25, -0.2) is 0 Å². The zero-order valence-electron chi connectivity index (χ0n) is 9.00. The maximum Gasteiger partial charge on any atom is 0.317 e. The van der Waals surface area contributed by atoms with Crippen LogP contribution in [0.4, 0.5) is 0 Å². The normalized spacial score (nSPS) is 15.0. The Morgan fingerprint density at radius 2 is 1.88 bits per heavy atom. The lowest BCUT2D eigenvalue weighted by molar-refractivity contribution is -0.146. The molecule has 16 heavy (non-hydrogen) atoms. The lowest BCUT2D eigenvalue weighted by atomic mass is 10.0. The summed E-state index contributed by atoms with van der Waals surface area (Å²) in [5.74, 6) is -0.395. The first kappa shape index (κ1) is 10.7. The first-order chi connectivity index (χ1) is 7.86. The lowest BCUT2D eigenvalue weighted by Gasteiger charge is -2.10. The number of benzene rings is 1. The zero-order chi connectivity index (χ0) is 11.2.